The van der Waals surface area contributed by atoms with Gasteiger partial charge in [0.05, 0.1) is 0 Å². The highest BCUT2D eigenvalue weighted by Crippen LogP contribution is 2.31. The van der Waals surface area contributed by atoms with Crippen molar-refractivity contribution < 1.29 is 0 Å². The highest BCUT2D eigenvalue weighted by atomic mass is 79.9. The number of thiophene rings is 1. The Bertz CT molecular complexity index is 735. The molecular formula is C18H18BrNS. The molecule has 108 valence electrons. The first-order chi connectivity index (χ1) is 10.3. The van der Waals surface area contributed by atoms with Crippen LogP contribution in [0.4, 0.5) is 0 Å². The Labute approximate surface area is 138 Å². The second-order valence-electron chi connectivity index (χ2n) is 5.09. The van der Waals surface area contributed by atoms with E-state index in [1.807, 2.05) is 11.3 Å². The summed E-state index contributed by atoms with van der Waals surface area (Å²) in [7, 11) is 0. The zero-order valence-electron chi connectivity index (χ0n) is 12.0. The predicted molar refractivity (Wildman–Crippen MR) is 96.1 cm³/mol. The minimum atomic E-state index is 0.337. The Morgan fingerprint density at radius 1 is 1.10 bits per heavy atom. The summed E-state index contributed by atoms with van der Waals surface area (Å²) in [5.74, 6) is 0. The summed E-state index contributed by atoms with van der Waals surface area (Å²) >= 11 is 5.52. The molecule has 1 atom stereocenters. The van der Waals surface area contributed by atoms with Crippen LogP contribution in [0.1, 0.15) is 24.1 Å². The van der Waals surface area contributed by atoms with E-state index in [4.69, 9.17) is 0 Å². The lowest BCUT2D eigenvalue weighted by Gasteiger charge is -2.19. The number of fused-ring (bicyclic) bond motifs is 1. The van der Waals surface area contributed by atoms with Crippen LogP contribution in [0.3, 0.4) is 0 Å². The van der Waals surface area contributed by atoms with E-state index in [0.29, 0.717) is 6.04 Å². The van der Waals surface area contributed by atoms with Gasteiger partial charge in [-0.2, -0.15) is 0 Å². The van der Waals surface area contributed by atoms with Crippen molar-refractivity contribution in [2.45, 2.75) is 19.4 Å². The average Bonchev–Trinajstić information content (AvgIpc) is 2.91. The van der Waals surface area contributed by atoms with E-state index in [2.05, 4.69) is 82.1 Å². The lowest BCUT2D eigenvalue weighted by molar-refractivity contribution is 0.550. The molecule has 0 aliphatic rings. The molecule has 0 radical (unpaired) electrons. The van der Waals surface area contributed by atoms with Gasteiger partial charge >= 0.3 is 0 Å². The van der Waals surface area contributed by atoms with E-state index >= 15 is 0 Å². The molecule has 3 aromatic rings. The van der Waals surface area contributed by atoms with Crippen LogP contribution in [-0.2, 0) is 6.42 Å². The molecule has 0 fully saturated rings. The fraction of sp³-hybridized carbons (Fsp3) is 0.222. The van der Waals surface area contributed by atoms with Crippen LogP contribution in [-0.4, -0.2) is 6.54 Å². The third-order valence-electron chi connectivity index (χ3n) is 3.72. The zero-order valence-corrected chi connectivity index (χ0v) is 14.4. The minimum absolute atomic E-state index is 0.337. The molecule has 2 aromatic carbocycles. The van der Waals surface area contributed by atoms with Crippen LogP contribution in [0, 0.1) is 0 Å². The fourth-order valence-corrected chi connectivity index (χ4v) is 4.24. The van der Waals surface area contributed by atoms with Gasteiger partial charge in [-0.25, -0.2) is 0 Å². The maximum atomic E-state index is 3.68. The Balaban J connectivity index is 1.94. The topological polar surface area (TPSA) is 12.0 Å². The van der Waals surface area contributed by atoms with Gasteiger partial charge in [0.15, 0.2) is 0 Å². The maximum Gasteiger partial charge on any atom is 0.0372 e. The highest BCUT2D eigenvalue weighted by molar-refractivity contribution is 9.10. The van der Waals surface area contributed by atoms with Crippen LogP contribution < -0.4 is 5.32 Å². The molecule has 3 rings (SSSR count). The van der Waals surface area contributed by atoms with Crippen molar-refractivity contribution in [2.24, 2.45) is 0 Å². The van der Waals surface area contributed by atoms with Crippen molar-refractivity contribution in [2.75, 3.05) is 6.54 Å². The third kappa shape index (κ3) is 3.20. The average molecular weight is 360 g/mol. The molecular weight excluding hydrogens is 342 g/mol. The lowest BCUT2D eigenvalue weighted by atomic mass is 9.98. The molecule has 0 bridgehead atoms. The maximum absolute atomic E-state index is 3.68. The quantitative estimate of drug-likeness (QED) is 0.628. The normalized spacial score (nSPS) is 12.7. The monoisotopic (exact) mass is 359 g/mol. The van der Waals surface area contributed by atoms with Gasteiger partial charge in [0.1, 0.15) is 0 Å². The van der Waals surface area contributed by atoms with E-state index in [0.717, 1.165) is 13.0 Å². The first-order valence-electron chi connectivity index (χ1n) is 7.22. The molecule has 21 heavy (non-hydrogen) atoms. The van der Waals surface area contributed by atoms with Crippen molar-refractivity contribution in [3.63, 3.8) is 0 Å². The summed E-state index contributed by atoms with van der Waals surface area (Å²) in [5.41, 5.74) is 2.76. The molecule has 3 heteroatoms. The summed E-state index contributed by atoms with van der Waals surface area (Å²) < 4.78 is 2.55. The highest BCUT2D eigenvalue weighted by Gasteiger charge is 2.15. The second-order valence-corrected chi connectivity index (χ2v) is 6.86. The molecule has 1 heterocycles. The van der Waals surface area contributed by atoms with Crippen molar-refractivity contribution in [1.82, 2.24) is 5.32 Å². The summed E-state index contributed by atoms with van der Waals surface area (Å²) in [6.07, 6.45) is 1.01. The van der Waals surface area contributed by atoms with Gasteiger partial charge in [0.25, 0.3) is 0 Å². The zero-order chi connectivity index (χ0) is 14.7. The van der Waals surface area contributed by atoms with E-state index in [1.54, 1.807) is 0 Å². The second kappa shape index (κ2) is 6.73. The summed E-state index contributed by atoms with van der Waals surface area (Å²) in [5, 5.41) is 7.30. The van der Waals surface area contributed by atoms with E-state index < -0.39 is 0 Å². The van der Waals surface area contributed by atoms with Crippen LogP contribution in [0.2, 0.25) is 0 Å². The van der Waals surface area contributed by atoms with Gasteiger partial charge in [0, 0.05) is 15.2 Å². The molecule has 0 saturated heterocycles. The molecule has 1 unspecified atom stereocenters. The van der Waals surface area contributed by atoms with Gasteiger partial charge in [-0.3, -0.25) is 0 Å². The summed E-state index contributed by atoms with van der Waals surface area (Å²) in [4.78, 5) is 0. The van der Waals surface area contributed by atoms with Crippen LogP contribution in [0.25, 0.3) is 10.1 Å². The smallest absolute Gasteiger partial charge is 0.0372 e. The van der Waals surface area contributed by atoms with Crippen LogP contribution >= 0.6 is 27.3 Å². The Morgan fingerprint density at radius 2 is 1.86 bits per heavy atom. The minimum Gasteiger partial charge on any atom is -0.310 e. The number of hydrogen-bond acceptors (Lipinski definition) is 2. The first kappa shape index (κ1) is 14.8. The van der Waals surface area contributed by atoms with E-state index in [9.17, 15) is 0 Å². The van der Waals surface area contributed by atoms with Gasteiger partial charge in [-0.1, -0.05) is 59.3 Å². The molecule has 1 nitrogen and oxygen atoms in total. The van der Waals surface area contributed by atoms with Gasteiger partial charge < -0.3 is 5.32 Å². The third-order valence-corrected chi connectivity index (χ3v) is 5.45. The van der Waals surface area contributed by atoms with Crippen molar-refractivity contribution in [1.29, 1.82) is 0 Å². The number of likely N-dealkylation sites (N-methyl/N-ethyl adjacent to an activating group) is 1. The van der Waals surface area contributed by atoms with Crippen LogP contribution in [0.5, 0.6) is 0 Å². The molecule has 0 amide bonds. The number of rotatable bonds is 5. The SMILES string of the molecule is CCNC(Cc1csc2ccccc12)c1ccccc1Br. The molecule has 1 N–H and O–H groups in total. The summed E-state index contributed by atoms with van der Waals surface area (Å²) in [6.45, 7) is 3.13. The van der Waals surface area contributed by atoms with E-state index in [-0.39, 0.29) is 0 Å². The largest absolute Gasteiger partial charge is 0.310 e. The van der Waals surface area contributed by atoms with Gasteiger partial charge in [-0.15, -0.1) is 11.3 Å². The van der Waals surface area contributed by atoms with Crippen molar-refractivity contribution in [3.05, 3.63) is 69.5 Å². The van der Waals surface area contributed by atoms with Gasteiger partial charge in [-0.05, 0) is 47.0 Å². The van der Waals surface area contributed by atoms with Crippen molar-refractivity contribution >= 4 is 37.4 Å². The molecule has 0 spiro atoms. The first-order valence-corrected chi connectivity index (χ1v) is 8.89. The Hall–Kier alpha value is -1.16. The molecule has 1 aromatic heterocycles. The number of halogens is 1. The van der Waals surface area contributed by atoms with E-state index in [1.165, 1.54) is 25.7 Å². The standard InChI is InChI=1S/C18H18BrNS/c1-2-20-17(15-8-3-5-9-16(15)19)11-13-12-21-18-10-6-4-7-14(13)18/h3-10,12,17,20H,2,11H2,1H3. The fourth-order valence-electron chi connectivity index (χ4n) is 2.71. The molecule has 0 saturated carbocycles. The molecule has 0 aliphatic carbocycles. The Kier molecular flexibility index (Phi) is 4.73. The number of benzene rings is 2. The predicted octanol–water partition coefficient (Wildman–Crippen LogP) is 5.56. The lowest BCUT2D eigenvalue weighted by Crippen LogP contribution is -2.23. The van der Waals surface area contributed by atoms with Crippen LogP contribution in [0.15, 0.2) is 58.4 Å². The molecule has 0 aliphatic heterocycles. The number of nitrogens with one attached hydrogen (secondary N) is 1. The number of hydrogen-bond donors (Lipinski definition) is 1. The summed E-state index contributed by atoms with van der Waals surface area (Å²) in [6, 6.07) is 17.5. The van der Waals surface area contributed by atoms with Gasteiger partial charge in [0.2, 0.25) is 0 Å². The Morgan fingerprint density at radius 3 is 2.67 bits per heavy atom. The van der Waals surface area contributed by atoms with Crippen molar-refractivity contribution in [3.8, 4) is 0 Å².